The molecule has 0 spiro atoms. The maximum Gasteiger partial charge on any atom is 0.0426 e. The molecule has 3 heteroatoms. The number of hydrogen-bond donors (Lipinski definition) is 1. The number of nitrogens with zero attached hydrogens (tertiary/aromatic N) is 1. The molecule has 0 heterocycles. The molecule has 0 aromatic heterocycles. The maximum absolute atomic E-state index is 6.16. The van der Waals surface area contributed by atoms with Crippen molar-refractivity contribution in [2.75, 3.05) is 11.9 Å². The molecule has 0 saturated heterocycles. The second-order valence-electron chi connectivity index (χ2n) is 5.74. The van der Waals surface area contributed by atoms with Crippen LogP contribution in [0.3, 0.4) is 0 Å². The van der Waals surface area contributed by atoms with Crippen LogP contribution < -0.4 is 10.6 Å². The molecule has 2 N–H and O–H groups in total. The molecule has 2 unspecified atom stereocenters. The molecule has 0 aliphatic rings. The van der Waals surface area contributed by atoms with Crippen molar-refractivity contribution in [1.82, 2.24) is 0 Å². The Labute approximate surface area is 122 Å². The molecule has 1 aromatic rings. The van der Waals surface area contributed by atoms with Crippen molar-refractivity contribution >= 4 is 17.3 Å². The van der Waals surface area contributed by atoms with Crippen LogP contribution in [0.5, 0.6) is 0 Å². The van der Waals surface area contributed by atoms with Gasteiger partial charge in [0.1, 0.15) is 0 Å². The number of halogens is 1. The van der Waals surface area contributed by atoms with Crippen molar-refractivity contribution in [3.05, 3.63) is 28.8 Å². The number of hydrogen-bond acceptors (Lipinski definition) is 2. The van der Waals surface area contributed by atoms with E-state index >= 15 is 0 Å². The number of rotatable bonds is 6. The van der Waals surface area contributed by atoms with Crippen molar-refractivity contribution in [3.8, 4) is 0 Å². The van der Waals surface area contributed by atoms with Crippen molar-refractivity contribution in [2.24, 2.45) is 11.7 Å². The highest BCUT2D eigenvalue weighted by Crippen LogP contribution is 2.28. The molecule has 0 radical (unpaired) electrons. The van der Waals surface area contributed by atoms with Gasteiger partial charge in [-0.2, -0.15) is 0 Å². The fourth-order valence-electron chi connectivity index (χ4n) is 2.13. The highest BCUT2D eigenvalue weighted by molar-refractivity contribution is 6.30. The summed E-state index contributed by atoms with van der Waals surface area (Å²) in [5.74, 6) is 0.594. The second kappa shape index (κ2) is 7.16. The van der Waals surface area contributed by atoms with Crippen LogP contribution >= 0.6 is 11.6 Å². The fraction of sp³-hybridized carbons (Fsp3) is 0.625. The summed E-state index contributed by atoms with van der Waals surface area (Å²) in [6.07, 6.45) is 1.89. The minimum absolute atomic E-state index is 0.211. The molecule has 0 aliphatic carbocycles. The predicted octanol–water partition coefficient (Wildman–Crippen LogP) is 4.10. The predicted molar refractivity (Wildman–Crippen MR) is 86.1 cm³/mol. The van der Waals surface area contributed by atoms with Gasteiger partial charge < -0.3 is 10.6 Å². The first kappa shape index (κ1) is 16.3. The van der Waals surface area contributed by atoms with Gasteiger partial charge in [0, 0.05) is 29.8 Å². The standard InChI is InChI=1S/C16H27ClN2/c1-6-15(18)9-13-7-8-14(17)10-16(13)19(5)12(4)11(2)3/h7-8,10-12,15H,6,9,18H2,1-5H3. The third-order valence-electron chi connectivity index (χ3n) is 4.01. The summed E-state index contributed by atoms with van der Waals surface area (Å²) in [5, 5.41) is 0.784. The number of nitrogens with two attached hydrogens (primary N) is 1. The molecule has 2 nitrogen and oxygen atoms in total. The van der Waals surface area contributed by atoms with Gasteiger partial charge in [0.05, 0.1) is 0 Å². The Morgan fingerprint density at radius 1 is 1.26 bits per heavy atom. The molecule has 1 rings (SSSR count). The van der Waals surface area contributed by atoms with E-state index in [9.17, 15) is 0 Å². The zero-order chi connectivity index (χ0) is 14.6. The summed E-state index contributed by atoms with van der Waals surface area (Å²) in [7, 11) is 2.14. The summed E-state index contributed by atoms with van der Waals surface area (Å²) in [5.41, 5.74) is 8.59. The lowest BCUT2D eigenvalue weighted by atomic mass is 9.99. The van der Waals surface area contributed by atoms with E-state index in [0.29, 0.717) is 12.0 Å². The molecule has 0 bridgehead atoms. The van der Waals surface area contributed by atoms with Crippen LogP contribution in [0, 0.1) is 5.92 Å². The fourth-order valence-corrected chi connectivity index (χ4v) is 2.30. The second-order valence-corrected chi connectivity index (χ2v) is 6.18. The molecule has 1 aromatic carbocycles. The van der Waals surface area contributed by atoms with Gasteiger partial charge in [-0.3, -0.25) is 0 Å². The molecular weight excluding hydrogens is 256 g/mol. The molecular formula is C16H27ClN2. The summed E-state index contributed by atoms with van der Waals surface area (Å²) in [6.45, 7) is 8.85. The molecule has 0 aliphatic heterocycles. The van der Waals surface area contributed by atoms with E-state index in [4.69, 9.17) is 17.3 Å². The van der Waals surface area contributed by atoms with Gasteiger partial charge in [0.15, 0.2) is 0 Å². The average molecular weight is 283 g/mol. The van der Waals surface area contributed by atoms with Gasteiger partial charge in [-0.1, -0.05) is 38.4 Å². The molecule has 0 saturated carbocycles. The summed E-state index contributed by atoms with van der Waals surface area (Å²) in [6, 6.07) is 6.80. The van der Waals surface area contributed by atoms with Gasteiger partial charge >= 0.3 is 0 Å². The SMILES string of the molecule is CCC(N)Cc1ccc(Cl)cc1N(C)C(C)C(C)C. The Bertz CT molecular complexity index is 404. The first-order valence-electron chi connectivity index (χ1n) is 7.13. The highest BCUT2D eigenvalue weighted by Gasteiger charge is 2.17. The van der Waals surface area contributed by atoms with Gasteiger partial charge in [-0.15, -0.1) is 0 Å². The van der Waals surface area contributed by atoms with Crippen molar-refractivity contribution in [2.45, 2.75) is 52.6 Å². The van der Waals surface area contributed by atoms with Crippen molar-refractivity contribution in [1.29, 1.82) is 0 Å². The van der Waals surface area contributed by atoms with E-state index in [2.05, 4.69) is 51.8 Å². The van der Waals surface area contributed by atoms with E-state index in [-0.39, 0.29) is 6.04 Å². The maximum atomic E-state index is 6.16. The Morgan fingerprint density at radius 3 is 2.42 bits per heavy atom. The Hall–Kier alpha value is -0.730. The highest BCUT2D eigenvalue weighted by atomic mass is 35.5. The van der Waals surface area contributed by atoms with Crippen LogP contribution in [0.15, 0.2) is 18.2 Å². The van der Waals surface area contributed by atoms with Gasteiger partial charge in [0.25, 0.3) is 0 Å². The van der Waals surface area contributed by atoms with Crippen LogP contribution in [0.1, 0.15) is 39.7 Å². The van der Waals surface area contributed by atoms with E-state index in [1.807, 2.05) is 6.07 Å². The summed E-state index contributed by atoms with van der Waals surface area (Å²) < 4.78 is 0. The molecule has 0 fully saturated rings. The Morgan fingerprint density at radius 2 is 1.89 bits per heavy atom. The van der Waals surface area contributed by atoms with E-state index in [0.717, 1.165) is 17.9 Å². The van der Waals surface area contributed by atoms with Gasteiger partial charge in [0.2, 0.25) is 0 Å². The van der Waals surface area contributed by atoms with E-state index in [1.54, 1.807) is 0 Å². The van der Waals surface area contributed by atoms with Crippen molar-refractivity contribution < 1.29 is 0 Å². The first-order valence-corrected chi connectivity index (χ1v) is 7.51. The van der Waals surface area contributed by atoms with Gasteiger partial charge in [-0.05, 0) is 43.4 Å². The zero-order valence-electron chi connectivity index (χ0n) is 12.8. The molecule has 2 atom stereocenters. The van der Waals surface area contributed by atoms with E-state index in [1.165, 1.54) is 11.3 Å². The smallest absolute Gasteiger partial charge is 0.0426 e. The molecule has 0 amide bonds. The number of benzene rings is 1. The van der Waals surface area contributed by atoms with Crippen LogP contribution in [-0.4, -0.2) is 19.1 Å². The van der Waals surface area contributed by atoms with E-state index < -0.39 is 0 Å². The Kier molecular flexibility index (Phi) is 6.15. The van der Waals surface area contributed by atoms with Crippen molar-refractivity contribution in [3.63, 3.8) is 0 Å². The third-order valence-corrected chi connectivity index (χ3v) is 4.24. The topological polar surface area (TPSA) is 29.3 Å². The molecule has 108 valence electrons. The number of anilines is 1. The monoisotopic (exact) mass is 282 g/mol. The lowest BCUT2D eigenvalue weighted by Gasteiger charge is -2.32. The third kappa shape index (κ3) is 4.39. The van der Waals surface area contributed by atoms with Crippen LogP contribution in [0.25, 0.3) is 0 Å². The first-order chi connectivity index (χ1) is 8.86. The minimum atomic E-state index is 0.211. The zero-order valence-corrected chi connectivity index (χ0v) is 13.5. The average Bonchev–Trinajstić information content (AvgIpc) is 2.38. The summed E-state index contributed by atoms with van der Waals surface area (Å²) >= 11 is 6.16. The van der Waals surface area contributed by atoms with Crippen LogP contribution in [-0.2, 0) is 6.42 Å². The minimum Gasteiger partial charge on any atom is -0.371 e. The van der Waals surface area contributed by atoms with Gasteiger partial charge in [-0.25, -0.2) is 0 Å². The normalized spacial score (nSPS) is 14.5. The largest absolute Gasteiger partial charge is 0.371 e. The lowest BCUT2D eigenvalue weighted by molar-refractivity contribution is 0.504. The quantitative estimate of drug-likeness (QED) is 0.851. The Balaban J connectivity index is 3.06. The lowest BCUT2D eigenvalue weighted by Crippen LogP contribution is -2.34. The van der Waals surface area contributed by atoms with Crippen LogP contribution in [0.2, 0.25) is 5.02 Å². The molecule has 19 heavy (non-hydrogen) atoms. The van der Waals surface area contributed by atoms with Crippen LogP contribution in [0.4, 0.5) is 5.69 Å². The summed E-state index contributed by atoms with van der Waals surface area (Å²) in [4.78, 5) is 2.31.